The van der Waals surface area contributed by atoms with E-state index in [1.165, 1.54) is 0 Å². The topological polar surface area (TPSA) is 51.0 Å². The van der Waals surface area contributed by atoms with E-state index in [-0.39, 0.29) is 0 Å². The first-order chi connectivity index (χ1) is 5.77. The van der Waals surface area contributed by atoms with E-state index in [1.54, 1.807) is 0 Å². The first kappa shape index (κ1) is 7.73. The van der Waals surface area contributed by atoms with Gasteiger partial charge in [-0.2, -0.15) is 0 Å². The number of nitrogens with zero attached hydrogens (tertiary/aromatic N) is 2. The zero-order chi connectivity index (χ0) is 8.55. The van der Waals surface area contributed by atoms with Crippen molar-refractivity contribution in [2.45, 2.75) is 25.7 Å². The van der Waals surface area contributed by atoms with E-state index in [0.29, 0.717) is 11.8 Å². The van der Waals surface area contributed by atoms with Gasteiger partial charge in [0.1, 0.15) is 0 Å². The molecule has 0 atom stereocenters. The second-order valence-electron chi connectivity index (χ2n) is 3.49. The third kappa shape index (κ3) is 1.22. The lowest BCUT2D eigenvalue weighted by molar-refractivity contribution is 0.340. The van der Waals surface area contributed by atoms with Crippen LogP contribution in [0.4, 0.5) is 0 Å². The molecule has 0 amide bonds. The van der Waals surface area contributed by atoms with Gasteiger partial charge in [-0.3, -0.25) is 0 Å². The highest BCUT2D eigenvalue weighted by Crippen LogP contribution is 2.20. The van der Waals surface area contributed by atoms with Crippen molar-refractivity contribution < 1.29 is 4.42 Å². The Labute approximate surface area is 71.4 Å². The van der Waals surface area contributed by atoms with Crippen LogP contribution in [-0.2, 0) is 0 Å². The van der Waals surface area contributed by atoms with Gasteiger partial charge in [0.15, 0.2) is 0 Å². The molecule has 2 rings (SSSR count). The third-order valence-electron chi connectivity index (χ3n) is 2.08. The van der Waals surface area contributed by atoms with Gasteiger partial charge in [-0.1, -0.05) is 13.8 Å². The summed E-state index contributed by atoms with van der Waals surface area (Å²) < 4.78 is 5.49. The fourth-order valence-corrected chi connectivity index (χ4v) is 1.11. The van der Waals surface area contributed by atoms with E-state index < -0.39 is 0 Å². The maximum atomic E-state index is 5.49. The van der Waals surface area contributed by atoms with Gasteiger partial charge < -0.3 is 9.73 Å². The van der Waals surface area contributed by atoms with Gasteiger partial charge in [-0.15, -0.1) is 10.2 Å². The van der Waals surface area contributed by atoms with E-state index in [1.807, 2.05) is 0 Å². The van der Waals surface area contributed by atoms with Crippen LogP contribution in [-0.4, -0.2) is 23.3 Å². The first-order valence-corrected chi connectivity index (χ1v) is 4.31. The minimum absolute atomic E-state index is 0.333. The van der Waals surface area contributed by atoms with Crippen LogP contribution in [0.15, 0.2) is 4.42 Å². The van der Waals surface area contributed by atoms with Crippen LogP contribution in [0.2, 0.25) is 0 Å². The Hall–Kier alpha value is -0.900. The Kier molecular flexibility index (Phi) is 1.84. The lowest BCUT2D eigenvalue weighted by atomic mass is 10.0. The smallest absolute Gasteiger partial charge is 0.222 e. The van der Waals surface area contributed by atoms with Crippen LogP contribution in [0.1, 0.15) is 37.5 Å². The van der Waals surface area contributed by atoms with Gasteiger partial charge in [0.25, 0.3) is 0 Å². The van der Waals surface area contributed by atoms with Crippen molar-refractivity contribution in [3.63, 3.8) is 0 Å². The fourth-order valence-electron chi connectivity index (χ4n) is 1.11. The van der Waals surface area contributed by atoms with E-state index in [4.69, 9.17) is 4.42 Å². The zero-order valence-corrected chi connectivity index (χ0v) is 7.37. The molecule has 0 spiro atoms. The molecule has 66 valence electrons. The van der Waals surface area contributed by atoms with Gasteiger partial charge in [0.2, 0.25) is 11.8 Å². The monoisotopic (exact) mass is 167 g/mol. The SMILES string of the molecule is CC(C)c1nnc(C2CNC2)o1. The highest BCUT2D eigenvalue weighted by atomic mass is 16.4. The van der Waals surface area contributed by atoms with Crippen molar-refractivity contribution >= 4 is 0 Å². The number of aromatic nitrogens is 2. The summed E-state index contributed by atoms with van der Waals surface area (Å²) in [6, 6.07) is 0. The van der Waals surface area contributed by atoms with Crippen molar-refractivity contribution in [3.05, 3.63) is 11.8 Å². The van der Waals surface area contributed by atoms with E-state index >= 15 is 0 Å². The first-order valence-electron chi connectivity index (χ1n) is 4.31. The zero-order valence-electron chi connectivity index (χ0n) is 7.37. The molecule has 4 nitrogen and oxygen atoms in total. The number of nitrogens with one attached hydrogen (secondary N) is 1. The minimum Gasteiger partial charge on any atom is -0.425 e. The van der Waals surface area contributed by atoms with Gasteiger partial charge >= 0.3 is 0 Å². The minimum atomic E-state index is 0.333. The Morgan fingerprint density at radius 2 is 2.17 bits per heavy atom. The standard InChI is InChI=1S/C8H13N3O/c1-5(2)7-10-11-8(12-7)6-3-9-4-6/h5-6,9H,3-4H2,1-2H3. The molecule has 1 aliphatic heterocycles. The molecule has 1 aliphatic rings. The number of rotatable bonds is 2. The van der Waals surface area contributed by atoms with Gasteiger partial charge in [-0.25, -0.2) is 0 Å². The second-order valence-corrected chi connectivity index (χ2v) is 3.49. The van der Waals surface area contributed by atoms with Crippen molar-refractivity contribution in [3.8, 4) is 0 Å². The van der Waals surface area contributed by atoms with Crippen LogP contribution in [0.5, 0.6) is 0 Å². The molecule has 1 aromatic heterocycles. The molecular weight excluding hydrogens is 154 g/mol. The van der Waals surface area contributed by atoms with Gasteiger partial charge in [-0.05, 0) is 0 Å². The Morgan fingerprint density at radius 1 is 1.42 bits per heavy atom. The molecule has 0 radical (unpaired) electrons. The van der Waals surface area contributed by atoms with E-state index in [0.717, 1.165) is 24.9 Å². The second kappa shape index (κ2) is 2.86. The highest BCUT2D eigenvalue weighted by Gasteiger charge is 2.25. The molecule has 1 fully saturated rings. The molecule has 1 aromatic rings. The molecule has 2 heterocycles. The van der Waals surface area contributed by atoms with Crippen molar-refractivity contribution in [2.24, 2.45) is 0 Å². The summed E-state index contributed by atoms with van der Waals surface area (Å²) in [6.45, 7) is 6.05. The lowest BCUT2D eigenvalue weighted by Crippen LogP contribution is -2.40. The van der Waals surface area contributed by atoms with Crippen molar-refractivity contribution in [1.29, 1.82) is 0 Å². The average molecular weight is 167 g/mol. The number of hydrogen-bond donors (Lipinski definition) is 1. The van der Waals surface area contributed by atoms with Gasteiger partial charge in [0.05, 0.1) is 5.92 Å². The van der Waals surface area contributed by atoms with Crippen molar-refractivity contribution in [2.75, 3.05) is 13.1 Å². The molecular formula is C8H13N3O. The van der Waals surface area contributed by atoms with Crippen LogP contribution in [0, 0.1) is 0 Å². The summed E-state index contributed by atoms with van der Waals surface area (Å²) in [5, 5.41) is 11.1. The van der Waals surface area contributed by atoms with Crippen LogP contribution < -0.4 is 5.32 Å². The highest BCUT2D eigenvalue weighted by molar-refractivity contribution is 5.00. The molecule has 1 saturated heterocycles. The predicted molar refractivity (Wildman–Crippen MR) is 44.0 cm³/mol. The quantitative estimate of drug-likeness (QED) is 0.710. The summed E-state index contributed by atoms with van der Waals surface area (Å²) in [5.74, 6) is 2.32. The summed E-state index contributed by atoms with van der Waals surface area (Å²) in [7, 11) is 0. The Bertz CT molecular complexity index is 265. The lowest BCUT2D eigenvalue weighted by Gasteiger charge is -2.23. The normalized spacial score (nSPS) is 18.2. The number of hydrogen-bond acceptors (Lipinski definition) is 4. The van der Waals surface area contributed by atoms with Crippen LogP contribution in [0.25, 0.3) is 0 Å². The maximum Gasteiger partial charge on any atom is 0.222 e. The molecule has 0 bridgehead atoms. The van der Waals surface area contributed by atoms with Crippen LogP contribution in [0.3, 0.4) is 0 Å². The summed E-state index contributed by atoms with van der Waals surface area (Å²) in [6.07, 6.45) is 0. The third-order valence-corrected chi connectivity index (χ3v) is 2.08. The maximum absolute atomic E-state index is 5.49. The molecule has 0 saturated carbocycles. The summed E-state index contributed by atoms with van der Waals surface area (Å²) in [4.78, 5) is 0. The molecule has 0 aromatic carbocycles. The average Bonchev–Trinajstić information content (AvgIpc) is 2.32. The van der Waals surface area contributed by atoms with Crippen LogP contribution >= 0.6 is 0 Å². The largest absolute Gasteiger partial charge is 0.425 e. The molecule has 4 heteroatoms. The summed E-state index contributed by atoms with van der Waals surface area (Å²) in [5.41, 5.74) is 0. The van der Waals surface area contributed by atoms with E-state index in [9.17, 15) is 0 Å². The predicted octanol–water partition coefficient (Wildman–Crippen LogP) is 0.880. The molecule has 1 N–H and O–H groups in total. The Morgan fingerprint density at radius 3 is 2.58 bits per heavy atom. The Balaban J connectivity index is 2.12. The molecule has 12 heavy (non-hydrogen) atoms. The fraction of sp³-hybridized carbons (Fsp3) is 0.750. The summed E-state index contributed by atoms with van der Waals surface area (Å²) >= 11 is 0. The molecule has 0 aliphatic carbocycles. The van der Waals surface area contributed by atoms with E-state index in [2.05, 4.69) is 29.4 Å². The van der Waals surface area contributed by atoms with Crippen molar-refractivity contribution in [1.82, 2.24) is 15.5 Å². The molecule has 0 unspecified atom stereocenters. The van der Waals surface area contributed by atoms with Gasteiger partial charge in [0, 0.05) is 19.0 Å².